The smallest absolute Gasteiger partial charge is 0.272 e. The number of carbonyl (C=O) groups is 1. The van der Waals surface area contributed by atoms with Gasteiger partial charge in [0.2, 0.25) is 10.0 Å². The molecule has 1 unspecified atom stereocenters. The van der Waals surface area contributed by atoms with Crippen molar-refractivity contribution in [2.75, 3.05) is 32.4 Å². The molecule has 0 saturated carbocycles. The Morgan fingerprint density at radius 3 is 2.67 bits per heavy atom. The summed E-state index contributed by atoms with van der Waals surface area (Å²) in [7, 11) is -1.47. The van der Waals surface area contributed by atoms with Gasteiger partial charge in [-0.15, -0.1) is 10.2 Å². The van der Waals surface area contributed by atoms with Crippen molar-refractivity contribution in [3.8, 4) is 0 Å². The van der Waals surface area contributed by atoms with Crippen molar-refractivity contribution < 1.29 is 13.2 Å². The van der Waals surface area contributed by atoms with Gasteiger partial charge in [0.15, 0.2) is 0 Å². The molecule has 2 aliphatic rings. The van der Waals surface area contributed by atoms with Gasteiger partial charge in [0.25, 0.3) is 5.91 Å². The molecule has 2 aromatic rings. The molecular weight excluding hydrogens is 370 g/mol. The second-order valence-electron chi connectivity index (χ2n) is 7.46. The van der Waals surface area contributed by atoms with Gasteiger partial charge in [-0.3, -0.25) is 9.48 Å². The normalized spacial score (nSPS) is 22.3. The summed E-state index contributed by atoms with van der Waals surface area (Å²) in [6.45, 7) is 4.29. The van der Waals surface area contributed by atoms with Gasteiger partial charge in [-0.25, -0.2) is 12.7 Å². The lowest BCUT2D eigenvalue weighted by molar-refractivity contribution is 0.00325. The van der Waals surface area contributed by atoms with E-state index in [0.717, 1.165) is 5.82 Å². The van der Waals surface area contributed by atoms with Crippen LogP contribution in [0.3, 0.4) is 0 Å². The summed E-state index contributed by atoms with van der Waals surface area (Å²) in [5, 5.41) is 12.3. The molecule has 1 spiro atoms. The number of carbonyl (C=O) groups excluding carboxylic acids is 1. The highest BCUT2D eigenvalue weighted by Crippen LogP contribution is 2.49. The molecule has 27 heavy (non-hydrogen) atoms. The number of aryl methyl sites for hydroxylation is 2. The topological polar surface area (TPSA) is 106 Å². The van der Waals surface area contributed by atoms with Crippen LogP contribution in [0.4, 0.5) is 0 Å². The van der Waals surface area contributed by atoms with Crippen LogP contribution in [0.5, 0.6) is 0 Å². The van der Waals surface area contributed by atoms with E-state index in [0.29, 0.717) is 38.4 Å². The van der Waals surface area contributed by atoms with Gasteiger partial charge in [0, 0.05) is 57.3 Å². The van der Waals surface area contributed by atoms with Crippen molar-refractivity contribution >= 4 is 15.9 Å². The van der Waals surface area contributed by atoms with Gasteiger partial charge in [0.05, 0.1) is 6.26 Å². The highest BCUT2D eigenvalue weighted by molar-refractivity contribution is 7.88. The number of sulfonamides is 1. The predicted octanol–water partition coefficient (Wildman–Crippen LogP) is -0.467. The third-order valence-electron chi connectivity index (χ3n) is 5.68. The first-order chi connectivity index (χ1) is 12.7. The molecular formula is C16H23N7O3S. The van der Waals surface area contributed by atoms with Crippen LogP contribution in [0.15, 0.2) is 18.6 Å². The van der Waals surface area contributed by atoms with Gasteiger partial charge < -0.3 is 9.47 Å². The molecule has 0 aromatic carbocycles. The molecule has 2 aromatic heterocycles. The minimum Gasteiger partial charge on any atom is -0.336 e. The molecule has 0 aliphatic carbocycles. The zero-order chi connectivity index (χ0) is 19.4. The van der Waals surface area contributed by atoms with E-state index in [4.69, 9.17) is 0 Å². The van der Waals surface area contributed by atoms with E-state index in [9.17, 15) is 13.2 Å². The molecule has 146 valence electrons. The van der Waals surface area contributed by atoms with Crippen LogP contribution in [0.1, 0.15) is 29.2 Å². The number of likely N-dealkylation sites (tertiary alicyclic amines) is 1. The van der Waals surface area contributed by atoms with E-state index in [1.807, 2.05) is 18.5 Å². The van der Waals surface area contributed by atoms with Crippen molar-refractivity contribution in [1.29, 1.82) is 0 Å². The Bertz CT molecular complexity index is 974. The molecule has 2 saturated heterocycles. The van der Waals surface area contributed by atoms with Crippen LogP contribution < -0.4 is 0 Å². The van der Waals surface area contributed by atoms with Crippen LogP contribution in [0.2, 0.25) is 0 Å². The van der Waals surface area contributed by atoms with E-state index in [1.54, 1.807) is 28.2 Å². The minimum atomic E-state index is -3.32. The number of hydrogen-bond donors (Lipinski definition) is 0. The summed E-state index contributed by atoms with van der Waals surface area (Å²) in [4.78, 5) is 14.6. The number of aromatic nitrogens is 5. The standard InChI is InChI=1S/C16H23N7O3S/c1-4-23-13(5-6-18-23)15(24)21-8-16(9-21)10-22(27(3,25)26)7-12(16)14-19-17-11-20(14)2/h5-6,11-12H,4,7-10H2,1-3H3. The second kappa shape index (κ2) is 6.13. The predicted molar refractivity (Wildman–Crippen MR) is 96.4 cm³/mol. The lowest BCUT2D eigenvalue weighted by atomic mass is 9.71. The minimum absolute atomic E-state index is 0.0745. The highest BCUT2D eigenvalue weighted by atomic mass is 32.2. The fourth-order valence-corrected chi connectivity index (χ4v) is 5.16. The molecule has 10 nitrogen and oxygen atoms in total. The summed E-state index contributed by atoms with van der Waals surface area (Å²) in [6.07, 6.45) is 4.46. The monoisotopic (exact) mass is 393 g/mol. The van der Waals surface area contributed by atoms with E-state index in [2.05, 4.69) is 15.3 Å². The maximum Gasteiger partial charge on any atom is 0.272 e. The van der Waals surface area contributed by atoms with Gasteiger partial charge in [-0.1, -0.05) is 0 Å². The van der Waals surface area contributed by atoms with Crippen LogP contribution >= 0.6 is 0 Å². The molecule has 1 atom stereocenters. The average Bonchev–Trinajstić information content (AvgIpc) is 3.28. The lowest BCUT2D eigenvalue weighted by Crippen LogP contribution is -2.62. The highest BCUT2D eigenvalue weighted by Gasteiger charge is 2.58. The molecule has 1 amide bonds. The van der Waals surface area contributed by atoms with Gasteiger partial charge in [-0.05, 0) is 13.0 Å². The maximum absolute atomic E-state index is 12.8. The Hall–Kier alpha value is -2.27. The first-order valence-electron chi connectivity index (χ1n) is 8.85. The Labute approximate surface area is 157 Å². The first kappa shape index (κ1) is 18.1. The van der Waals surface area contributed by atoms with Gasteiger partial charge >= 0.3 is 0 Å². The summed E-state index contributed by atoms with van der Waals surface area (Å²) in [5.41, 5.74) is 0.219. The van der Waals surface area contributed by atoms with E-state index < -0.39 is 10.0 Å². The fourth-order valence-electron chi connectivity index (χ4n) is 4.25. The molecule has 11 heteroatoms. The zero-order valence-corrected chi connectivity index (χ0v) is 16.4. The molecule has 0 radical (unpaired) electrons. The fraction of sp³-hybridized carbons (Fsp3) is 0.625. The lowest BCUT2D eigenvalue weighted by Gasteiger charge is -2.50. The average molecular weight is 393 g/mol. The Morgan fingerprint density at radius 2 is 2.07 bits per heavy atom. The van der Waals surface area contributed by atoms with Crippen molar-refractivity contribution in [2.24, 2.45) is 12.5 Å². The molecule has 4 rings (SSSR count). The number of rotatable bonds is 4. The summed E-state index contributed by atoms with van der Waals surface area (Å²) >= 11 is 0. The molecule has 0 bridgehead atoms. The number of nitrogens with zero attached hydrogens (tertiary/aromatic N) is 7. The Kier molecular flexibility index (Phi) is 4.11. The Morgan fingerprint density at radius 1 is 1.33 bits per heavy atom. The summed E-state index contributed by atoms with van der Waals surface area (Å²) in [6, 6.07) is 1.72. The van der Waals surface area contributed by atoms with Crippen molar-refractivity contribution in [3.05, 3.63) is 30.1 Å². The first-order valence-corrected chi connectivity index (χ1v) is 10.7. The van der Waals surface area contributed by atoms with E-state index in [1.165, 1.54) is 10.6 Å². The van der Waals surface area contributed by atoms with Crippen LogP contribution in [0.25, 0.3) is 0 Å². The third-order valence-corrected chi connectivity index (χ3v) is 6.89. The third kappa shape index (κ3) is 2.85. The van der Waals surface area contributed by atoms with E-state index in [-0.39, 0.29) is 17.2 Å². The molecule has 2 aliphatic heterocycles. The molecule has 0 N–H and O–H groups in total. The summed E-state index contributed by atoms with van der Waals surface area (Å²) in [5.74, 6) is 0.584. The molecule has 2 fully saturated rings. The van der Waals surface area contributed by atoms with E-state index >= 15 is 0 Å². The number of amides is 1. The zero-order valence-electron chi connectivity index (χ0n) is 15.6. The van der Waals surface area contributed by atoms with Gasteiger partial charge in [-0.2, -0.15) is 5.10 Å². The SMILES string of the molecule is CCn1nccc1C(=O)N1CC2(C1)CN(S(C)(=O)=O)CC2c1nncn1C. The number of hydrogen-bond acceptors (Lipinski definition) is 6. The quantitative estimate of drug-likeness (QED) is 0.695. The Balaban J connectivity index is 1.60. The largest absolute Gasteiger partial charge is 0.336 e. The summed E-state index contributed by atoms with van der Waals surface area (Å²) < 4.78 is 29.3. The van der Waals surface area contributed by atoms with Crippen LogP contribution in [-0.2, 0) is 23.6 Å². The van der Waals surface area contributed by atoms with Crippen molar-refractivity contribution in [2.45, 2.75) is 19.4 Å². The van der Waals surface area contributed by atoms with Crippen molar-refractivity contribution in [3.63, 3.8) is 0 Å². The second-order valence-corrected chi connectivity index (χ2v) is 9.45. The van der Waals surface area contributed by atoms with Crippen LogP contribution in [0, 0.1) is 5.41 Å². The molecule has 4 heterocycles. The maximum atomic E-state index is 12.8. The van der Waals surface area contributed by atoms with Gasteiger partial charge in [0.1, 0.15) is 17.8 Å². The van der Waals surface area contributed by atoms with Crippen LogP contribution in [-0.4, -0.2) is 80.5 Å². The van der Waals surface area contributed by atoms with Crippen molar-refractivity contribution in [1.82, 2.24) is 33.8 Å².